The Hall–Kier alpha value is -3.29. The number of pyridine rings is 1. The molecule has 1 aromatic heterocycles. The fourth-order valence-electron chi connectivity index (χ4n) is 2.65. The van der Waals surface area contributed by atoms with Gasteiger partial charge in [0, 0.05) is 43.9 Å². The number of hydrogen-bond donors (Lipinski definition) is 1. The molecule has 0 unspecified atom stereocenters. The Balaban J connectivity index is 2.01. The van der Waals surface area contributed by atoms with Crippen LogP contribution in [0.25, 0.3) is 0 Å². The molecule has 2 amide bonds. The van der Waals surface area contributed by atoms with Gasteiger partial charge in [-0.15, -0.1) is 0 Å². The minimum Gasteiger partial charge on any atom is -0.493 e. The molecule has 1 aromatic carbocycles. The lowest BCUT2D eigenvalue weighted by molar-refractivity contribution is -0.130. The summed E-state index contributed by atoms with van der Waals surface area (Å²) in [5.74, 6) is 0.976. The second-order valence-corrected chi connectivity index (χ2v) is 5.97. The maximum Gasteiger partial charge on any atom is 0.226 e. The number of carbonyl (C=O) groups excluding carboxylic acids is 2. The third-order valence-electron chi connectivity index (χ3n) is 4.08. The zero-order chi connectivity index (χ0) is 20.5. The van der Waals surface area contributed by atoms with Gasteiger partial charge in [-0.1, -0.05) is 6.07 Å². The Morgan fingerprint density at radius 1 is 1.07 bits per heavy atom. The van der Waals surface area contributed by atoms with Gasteiger partial charge in [0.1, 0.15) is 0 Å². The van der Waals surface area contributed by atoms with Crippen LogP contribution in [0.2, 0.25) is 0 Å². The number of anilines is 1. The normalized spacial score (nSPS) is 10.1. The maximum atomic E-state index is 12.4. The number of carbonyl (C=O) groups is 2. The largest absolute Gasteiger partial charge is 0.493 e. The van der Waals surface area contributed by atoms with Crippen LogP contribution in [0, 0.1) is 0 Å². The Kier molecular flexibility index (Phi) is 7.62. The molecule has 0 saturated carbocycles. The SMILES string of the molecule is COc1cc(NC(=O)CCN(Cc2ccccn2)C(C)=O)cc(OC)c1OC. The van der Waals surface area contributed by atoms with Gasteiger partial charge in [0.05, 0.1) is 33.6 Å². The zero-order valence-electron chi connectivity index (χ0n) is 16.5. The van der Waals surface area contributed by atoms with Crippen LogP contribution in [0.15, 0.2) is 36.5 Å². The van der Waals surface area contributed by atoms with E-state index in [4.69, 9.17) is 14.2 Å². The number of methoxy groups -OCH3 is 3. The van der Waals surface area contributed by atoms with Crippen molar-refractivity contribution in [3.63, 3.8) is 0 Å². The molecule has 28 heavy (non-hydrogen) atoms. The number of ether oxygens (including phenoxy) is 3. The highest BCUT2D eigenvalue weighted by molar-refractivity contribution is 5.92. The predicted molar refractivity (Wildman–Crippen MR) is 105 cm³/mol. The smallest absolute Gasteiger partial charge is 0.226 e. The molecule has 1 heterocycles. The van der Waals surface area contributed by atoms with Gasteiger partial charge in [-0.05, 0) is 12.1 Å². The van der Waals surface area contributed by atoms with Gasteiger partial charge in [-0.25, -0.2) is 0 Å². The fourth-order valence-corrected chi connectivity index (χ4v) is 2.65. The summed E-state index contributed by atoms with van der Waals surface area (Å²) in [6.07, 6.45) is 1.81. The Bertz CT molecular complexity index is 786. The maximum absolute atomic E-state index is 12.4. The molecular weight excluding hydrogens is 362 g/mol. The van der Waals surface area contributed by atoms with Crippen LogP contribution >= 0.6 is 0 Å². The third-order valence-corrected chi connectivity index (χ3v) is 4.08. The number of aromatic nitrogens is 1. The highest BCUT2D eigenvalue weighted by Gasteiger charge is 2.16. The van der Waals surface area contributed by atoms with Crippen LogP contribution in [0.5, 0.6) is 17.2 Å². The summed E-state index contributed by atoms with van der Waals surface area (Å²) in [5.41, 5.74) is 1.28. The standard InChI is InChI=1S/C20H25N3O5/c1-14(24)23(13-15-7-5-6-9-21-15)10-8-19(25)22-16-11-17(26-2)20(28-4)18(12-16)27-3/h5-7,9,11-12H,8,10,13H2,1-4H3,(H,22,25). The van der Waals surface area contributed by atoms with E-state index >= 15 is 0 Å². The molecule has 1 N–H and O–H groups in total. The van der Waals surface area contributed by atoms with Crippen molar-refractivity contribution in [1.29, 1.82) is 0 Å². The predicted octanol–water partition coefficient (Wildman–Crippen LogP) is 2.48. The van der Waals surface area contributed by atoms with E-state index in [0.29, 0.717) is 29.5 Å². The van der Waals surface area contributed by atoms with E-state index in [-0.39, 0.29) is 24.8 Å². The lowest BCUT2D eigenvalue weighted by atomic mass is 10.2. The lowest BCUT2D eigenvalue weighted by Gasteiger charge is -2.20. The molecule has 0 aliphatic carbocycles. The molecule has 0 saturated heterocycles. The molecule has 0 atom stereocenters. The van der Waals surface area contributed by atoms with E-state index in [1.54, 1.807) is 23.2 Å². The molecular formula is C20H25N3O5. The summed E-state index contributed by atoms with van der Waals surface area (Å²) in [6.45, 7) is 2.11. The summed E-state index contributed by atoms with van der Waals surface area (Å²) in [6, 6.07) is 8.81. The highest BCUT2D eigenvalue weighted by Crippen LogP contribution is 2.39. The van der Waals surface area contributed by atoms with Crippen molar-refractivity contribution >= 4 is 17.5 Å². The number of benzene rings is 1. The van der Waals surface area contributed by atoms with Crippen LogP contribution in [0.1, 0.15) is 19.0 Å². The highest BCUT2D eigenvalue weighted by atomic mass is 16.5. The van der Waals surface area contributed by atoms with Gasteiger partial charge in [0.25, 0.3) is 0 Å². The van der Waals surface area contributed by atoms with Gasteiger partial charge in [-0.3, -0.25) is 14.6 Å². The Morgan fingerprint density at radius 3 is 2.25 bits per heavy atom. The van der Waals surface area contributed by atoms with E-state index in [2.05, 4.69) is 10.3 Å². The molecule has 2 rings (SSSR count). The topological polar surface area (TPSA) is 90.0 Å². The summed E-state index contributed by atoms with van der Waals surface area (Å²) >= 11 is 0. The van der Waals surface area contributed by atoms with Gasteiger partial charge < -0.3 is 24.4 Å². The van der Waals surface area contributed by atoms with Crippen LogP contribution in [-0.2, 0) is 16.1 Å². The molecule has 2 aromatic rings. The summed E-state index contributed by atoms with van der Waals surface area (Å²) in [5, 5.41) is 2.79. The molecule has 0 bridgehead atoms. The first-order valence-corrected chi connectivity index (χ1v) is 8.73. The number of hydrogen-bond acceptors (Lipinski definition) is 6. The van der Waals surface area contributed by atoms with E-state index in [0.717, 1.165) is 5.69 Å². The van der Waals surface area contributed by atoms with Crippen molar-refractivity contribution < 1.29 is 23.8 Å². The lowest BCUT2D eigenvalue weighted by Crippen LogP contribution is -2.31. The summed E-state index contributed by atoms with van der Waals surface area (Å²) < 4.78 is 15.8. The van der Waals surface area contributed by atoms with Crippen LogP contribution in [0.3, 0.4) is 0 Å². The van der Waals surface area contributed by atoms with E-state index < -0.39 is 0 Å². The fraction of sp³-hybridized carbons (Fsp3) is 0.350. The second kappa shape index (κ2) is 10.1. The quantitative estimate of drug-likeness (QED) is 0.711. The molecule has 0 aliphatic rings. The minimum absolute atomic E-state index is 0.119. The molecule has 0 fully saturated rings. The van der Waals surface area contributed by atoms with Crippen LogP contribution in [0.4, 0.5) is 5.69 Å². The van der Waals surface area contributed by atoms with Gasteiger partial charge in [0.15, 0.2) is 11.5 Å². The minimum atomic E-state index is -0.235. The summed E-state index contributed by atoms with van der Waals surface area (Å²) in [4.78, 5) is 30.0. The Morgan fingerprint density at radius 2 is 1.75 bits per heavy atom. The van der Waals surface area contributed by atoms with Crippen molar-refractivity contribution in [2.45, 2.75) is 19.9 Å². The van der Waals surface area contributed by atoms with Crippen molar-refractivity contribution in [3.8, 4) is 17.2 Å². The van der Waals surface area contributed by atoms with E-state index in [1.807, 2.05) is 18.2 Å². The average Bonchev–Trinajstić information content (AvgIpc) is 2.70. The Labute approximate surface area is 164 Å². The van der Waals surface area contributed by atoms with Crippen molar-refractivity contribution in [2.75, 3.05) is 33.2 Å². The van der Waals surface area contributed by atoms with Gasteiger partial charge in [0.2, 0.25) is 17.6 Å². The molecule has 0 radical (unpaired) electrons. The molecule has 150 valence electrons. The molecule has 0 aliphatic heterocycles. The average molecular weight is 387 g/mol. The first kappa shape index (κ1) is 21.0. The monoisotopic (exact) mass is 387 g/mol. The van der Waals surface area contributed by atoms with Crippen molar-refractivity contribution in [2.24, 2.45) is 0 Å². The second-order valence-electron chi connectivity index (χ2n) is 5.97. The molecule has 8 nitrogen and oxygen atoms in total. The first-order valence-electron chi connectivity index (χ1n) is 8.73. The molecule has 0 spiro atoms. The number of rotatable bonds is 9. The number of nitrogens with one attached hydrogen (secondary N) is 1. The summed E-state index contributed by atoms with van der Waals surface area (Å²) in [7, 11) is 4.52. The molecule has 8 heteroatoms. The van der Waals surface area contributed by atoms with Crippen molar-refractivity contribution in [1.82, 2.24) is 9.88 Å². The van der Waals surface area contributed by atoms with Crippen molar-refractivity contribution in [3.05, 3.63) is 42.2 Å². The number of amides is 2. The van der Waals surface area contributed by atoms with Gasteiger partial charge in [-0.2, -0.15) is 0 Å². The van der Waals surface area contributed by atoms with Gasteiger partial charge >= 0.3 is 0 Å². The van der Waals surface area contributed by atoms with E-state index in [1.165, 1.54) is 28.3 Å². The number of nitrogens with zero attached hydrogens (tertiary/aromatic N) is 2. The van der Waals surface area contributed by atoms with Crippen LogP contribution < -0.4 is 19.5 Å². The zero-order valence-corrected chi connectivity index (χ0v) is 16.5. The first-order chi connectivity index (χ1) is 13.5. The van der Waals surface area contributed by atoms with Crippen LogP contribution in [-0.4, -0.2) is 49.6 Å². The van der Waals surface area contributed by atoms with E-state index in [9.17, 15) is 9.59 Å². The third kappa shape index (κ3) is 5.60.